The van der Waals surface area contributed by atoms with Crippen LogP contribution in [0, 0.1) is 0 Å². The van der Waals surface area contributed by atoms with E-state index in [9.17, 15) is 13.6 Å². The number of aromatic carboxylic acids is 1. The van der Waals surface area contributed by atoms with E-state index in [-0.39, 0.29) is 11.4 Å². The molecule has 6 nitrogen and oxygen atoms in total. The normalized spacial score (nSPS) is 10.9. The Morgan fingerprint density at radius 2 is 2.00 bits per heavy atom. The lowest BCUT2D eigenvalue weighted by molar-refractivity contribution is 0.0691. The van der Waals surface area contributed by atoms with E-state index >= 15 is 0 Å². The third-order valence-corrected chi connectivity index (χ3v) is 2.43. The molecular weight excluding hydrogens is 258 g/mol. The van der Waals surface area contributed by atoms with E-state index in [1.54, 1.807) is 12.1 Å². The predicted octanol–water partition coefficient (Wildman–Crippen LogP) is 1.49. The van der Waals surface area contributed by atoms with Crippen LogP contribution in [0.2, 0.25) is 0 Å². The van der Waals surface area contributed by atoms with E-state index < -0.39 is 18.9 Å². The van der Waals surface area contributed by atoms with Crippen molar-refractivity contribution in [3.05, 3.63) is 30.0 Å². The molecule has 1 aromatic carbocycles. The van der Waals surface area contributed by atoms with Gasteiger partial charge in [-0.2, -0.15) is 0 Å². The number of nitrogens with zero attached hydrogens (tertiary/aromatic N) is 3. The number of hydrogen-bond donors (Lipinski definition) is 2. The van der Waals surface area contributed by atoms with Crippen LogP contribution in [0.3, 0.4) is 0 Å². The number of rotatable bonds is 4. The van der Waals surface area contributed by atoms with Crippen molar-refractivity contribution in [1.29, 1.82) is 0 Å². The van der Waals surface area contributed by atoms with Crippen molar-refractivity contribution in [2.75, 3.05) is 5.73 Å². The number of anilines is 1. The average molecular weight is 268 g/mol. The van der Waals surface area contributed by atoms with Crippen LogP contribution >= 0.6 is 0 Å². The van der Waals surface area contributed by atoms with Gasteiger partial charge in [-0.15, -0.1) is 5.10 Å². The Morgan fingerprint density at radius 3 is 2.53 bits per heavy atom. The zero-order valence-corrected chi connectivity index (χ0v) is 9.62. The number of benzene rings is 1. The van der Waals surface area contributed by atoms with Gasteiger partial charge in [0, 0.05) is 11.3 Å². The van der Waals surface area contributed by atoms with E-state index in [4.69, 9.17) is 10.8 Å². The maximum absolute atomic E-state index is 12.4. The first-order valence-electron chi connectivity index (χ1n) is 5.30. The largest absolute Gasteiger partial charge is 0.476 e. The van der Waals surface area contributed by atoms with Gasteiger partial charge in [-0.1, -0.05) is 17.3 Å². The molecule has 0 radical (unpaired) electrons. The van der Waals surface area contributed by atoms with Gasteiger partial charge in [0.15, 0.2) is 5.69 Å². The van der Waals surface area contributed by atoms with Gasteiger partial charge in [-0.25, -0.2) is 18.3 Å². The topological polar surface area (TPSA) is 94.0 Å². The fourth-order valence-electron chi connectivity index (χ4n) is 1.64. The zero-order chi connectivity index (χ0) is 14.0. The maximum Gasteiger partial charge on any atom is 0.358 e. The Labute approximate surface area is 106 Å². The quantitative estimate of drug-likeness (QED) is 0.819. The van der Waals surface area contributed by atoms with Crippen LogP contribution in [0.5, 0.6) is 0 Å². The van der Waals surface area contributed by atoms with Crippen LogP contribution < -0.4 is 5.73 Å². The molecule has 2 rings (SSSR count). The summed E-state index contributed by atoms with van der Waals surface area (Å²) in [5.74, 6) is -1.33. The highest BCUT2D eigenvalue weighted by atomic mass is 19.3. The summed E-state index contributed by atoms with van der Waals surface area (Å²) in [5, 5.41) is 15.9. The van der Waals surface area contributed by atoms with Crippen LogP contribution in [-0.4, -0.2) is 32.5 Å². The van der Waals surface area contributed by atoms with Gasteiger partial charge in [-0.3, -0.25) is 0 Å². The van der Waals surface area contributed by atoms with Crippen molar-refractivity contribution in [1.82, 2.24) is 15.0 Å². The van der Waals surface area contributed by atoms with Crippen LogP contribution in [0.4, 0.5) is 14.5 Å². The molecule has 3 N–H and O–H groups in total. The smallest absolute Gasteiger partial charge is 0.358 e. The number of nitrogens with two attached hydrogens (primary N) is 1. The Morgan fingerprint density at radius 1 is 1.37 bits per heavy atom. The molecule has 0 atom stereocenters. The lowest BCUT2D eigenvalue weighted by Gasteiger charge is -2.07. The third kappa shape index (κ3) is 2.67. The van der Waals surface area contributed by atoms with Gasteiger partial charge in [0.25, 0.3) is 6.43 Å². The van der Waals surface area contributed by atoms with E-state index in [1.807, 2.05) is 0 Å². The second-order valence-electron chi connectivity index (χ2n) is 3.79. The van der Waals surface area contributed by atoms with Gasteiger partial charge >= 0.3 is 5.97 Å². The highest BCUT2D eigenvalue weighted by Crippen LogP contribution is 2.24. The Bertz CT molecular complexity index is 595. The Balaban J connectivity index is 2.54. The van der Waals surface area contributed by atoms with Crippen molar-refractivity contribution in [2.24, 2.45) is 0 Å². The van der Waals surface area contributed by atoms with Gasteiger partial charge in [0.05, 0.1) is 0 Å². The summed E-state index contributed by atoms with van der Waals surface area (Å²) in [5.41, 5.74) is 6.08. The molecule has 0 fully saturated rings. The van der Waals surface area contributed by atoms with Crippen LogP contribution in [0.15, 0.2) is 24.3 Å². The second-order valence-corrected chi connectivity index (χ2v) is 3.79. The molecule has 0 aliphatic carbocycles. The number of halogens is 2. The minimum Gasteiger partial charge on any atom is -0.476 e. The Hall–Kier alpha value is -2.51. The molecule has 0 amide bonds. The highest BCUT2D eigenvalue weighted by Gasteiger charge is 2.22. The average Bonchev–Trinajstić information content (AvgIpc) is 2.73. The fraction of sp³-hybridized carbons (Fsp3) is 0.182. The van der Waals surface area contributed by atoms with Gasteiger partial charge in [0.1, 0.15) is 12.2 Å². The lowest BCUT2D eigenvalue weighted by Crippen LogP contribution is -2.10. The summed E-state index contributed by atoms with van der Waals surface area (Å²) in [7, 11) is 0. The van der Waals surface area contributed by atoms with Crippen molar-refractivity contribution >= 4 is 11.7 Å². The van der Waals surface area contributed by atoms with Crippen molar-refractivity contribution in [3.63, 3.8) is 0 Å². The van der Waals surface area contributed by atoms with E-state index in [0.29, 0.717) is 11.3 Å². The van der Waals surface area contributed by atoms with E-state index in [0.717, 1.165) is 4.68 Å². The molecule has 1 heterocycles. The first-order valence-corrected chi connectivity index (χ1v) is 5.30. The van der Waals surface area contributed by atoms with Gasteiger partial charge in [-0.05, 0) is 12.1 Å². The fourth-order valence-corrected chi connectivity index (χ4v) is 1.64. The molecule has 0 saturated carbocycles. The Kier molecular flexibility index (Phi) is 3.41. The predicted molar refractivity (Wildman–Crippen MR) is 62.8 cm³/mol. The summed E-state index contributed by atoms with van der Waals surface area (Å²) in [6, 6.07) is 6.15. The molecule has 0 aliphatic heterocycles. The number of aromatic nitrogens is 3. The summed E-state index contributed by atoms with van der Waals surface area (Å²) in [6.07, 6.45) is -2.66. The van der Waals surface area contributed by atoms with Gasteiger partial charge < -0.3 is 10.8 Å². The van der Waals surface area contributed by atoms with E-state index in [1.165, 1.54) is 12.1 Å². The van der Waals surface area contributed by atoms with Crippen LogP contribution in [-0.2, 0) is 6.54 Å². The molecule has 8 heteroatoms. The van der Waals surface area contributed by atoms with E-state index in [2.05, 4.69) is 10.3 Å². The molecule has 0 saturated heterocycles. The van der Waals surface area contributed by atoms with Gasteiger partial charge in [0.2, 0.25) is 0 Å². The molecule has 1 aromatic heterocycles. The third-order valence-electron chi connectivity index (χ3n) is 2.43. The minimum absolute atomic E-state index is 0.0350. The number of alkyl halides is 2. The monoisotopic (exact) mass is 268 g/mol. The molecule has 19 heavy (non-hydrogen) atoms. The number of carboxylic acids is 1. The number of carboxylic acid groups (broad SMARTS) is 1. The first kappa shape index (κ1) is 12.9. The second kappa shape index (κ2) is 5.01. The zero-order valence-electron chi connectivity index (χ0n) is 9.62. The van der Waals surface area contributed by atoms with Crippen LogP contribution in [0.25, 0.3) is 11.3 Å². The SMILES string of the molecule is Nc1ccc(-c2c(C(=O)O)nnn2CC(F)F)cc1. The standard InChI is InChI=1S/C11H10F2N4O2/c12-8(13)5-17-10(9(11(18)19)15-16-17)6-1-3-7(14)4-2-6/h1-4,8H,5,14H2,(H,18,19). The lowest BCUT2D eigenvalue weighted by atomic mass is 10.1. The summed E-state index contributed by atoms with van der Waals surface area (Å²) >= 11 is 0. The first-order chi connectivity index (χ1) is 8.99. The molecule has 100 valence electrons. The number of hydrogen-bond acceptors (Lipinski definition) is 4. The molecule has 0 aliphatic rings. The van der Waals surface area contributed by atoms with Crippen molar-refractivity contribution in [3.8, 4) is 11.3 Å². The van der Waals surface area contributed by atoms with Crippen molar-refractivity contribution < 1.29 is 18.7 Å². The maximum atomic E-state index is 12.4. The molecule has 0 bridgehead atoms. The number of carbonyl (C=O) groups is 1. The van der Waals surface area contributed by atoms with Crippen LogP contribution in [0.1, 0.15) is 10.5 Å². The molecule has 0 unspecified atom stereocenters. The highest BCUT2D eigenvalue weighted by molar-refractivity contribution is 5.92. The summed E-state index contributed by atoms with van der Waals surface area (Å²) in [4.78, 5) is 11.0. The molecule has 2 aromatic rings. The molecule has 0 spiro atoms. The summed E-state index contributed by atoms with van der Waals surface area (Å²) in [6.45, 7) is -0.722. The summed E-state index contributed by atoms with van der Waals surface area (Å²) < 4.78 is 25.7. The number of nitrogen functional groups attached to an aromatic ring is 1. The minimum atomic E-state index is -2.66. The van der Waals surface area contributed by atoms with Crippen molar-refractivity contribution in [2.45, 2.75) is 13.0 Å². The molecular formula is C11H10F2N4O2.